The molecule has 3 rings (SSSR count). The normalized spacial score (nSPS) is 19.9. The number of aliphatic hydroxyl groups excluding tert-OH is 1. The largest absolute Gasteiger partial charge is 0.489 e. The van der Waals surface area contributed by atoms with Crippen LogP contribution in [-0.4, -0.2) is 73.5 Å². The highest BCUT2D eigenvalue weighted by Gasteiger charge is 2.34. The van der Waals surface area contributed by atoms with Crippen LogP contribution in [0.4, 0.5) is 0 Å². The third-order valence-electron chi connectivity index (χ3n) is 7.19. The Balaban J connectivity index is 1.66. The van der Waals surface area contributed by atoms with Gasteiger partial charge in [0.1, 0.15) is 24.2 Å². The molecule has 188 valence electrons. The monoisotopic (exact) mass is 473 g/mol. The molecule has 0 spiro atoms. The smallest absolute Gasteiger partial charge is 0.240 e. The fourth-order valence-electron chi connectivity index (χ4n) is 5.13. The number of amides is 2. The average Bonchev–Trinajstić information content (AvgIpc) is 2.88. The molecule has 2 aliphatic rings. The number of hydrogen-bond donors (Lipinski definition) is 3. The highest BCUT2D eigenvalue weighted by Crippen LogP contribution is 2.32. The Labute approximate surface area is 202 Å². The van der Waals surface area contributed by atoms with Crippen LogP contribution in [0.15, 0.2) is 18.2 Å². The number of likely N-dealkylation sites (N-methyl/N-ethyl adjacent to an activating group) is 1. The fraction of sp³-hybridized carbons (Fsp3) is 0.654. The van der Waals surface area contributed by atoms with E-state index in [0.717, 1.165) is 69.1 Å². The number of para-hydroxylation sites is 1. The van der Waals surface area contributed by atoms with Crippen LogP contribution in [0.25, 0.3) is 0 Å². The molecule has 1 saturated carbocycles. The van der Waals surface area contributed by atoms with Gasteiger partial charge in [-0.25, -0.2) is 0 Å². The number of hydrogen-bond acceptors (Lipinski definition) is 6. The molecule has 0 radical (unpaired) electrons. The number of aryl methyl sites for hydroxylation is 2. The van der Waals surface area contributed by atoms with Crippen molar-refractivity contribution in [3.05, 3.63) is 29.3 Å². The maximum atomic E-state index is 13.3. The summed E-state index contributed by atoms with van der Waals surface area (Å²) in [6.45, 7) is 0.801. The van der Waals surface area contributed by atoms with Crippen molar-refractivity contribution in [2.45, 2.75) is 76.0 Å². The lowest BCUT2D eigenvalue weighted by Crippen LogP contribution is -2.55. The van der Waals surface area contributed by atoms with Gasteiger partial charge in [-0.1, -0.05) is 37.5 Å². The van der Waals surface area contributed by atoms with Gasteiger partial charge in [0.05, 0.1) is 12.6 Å². The number of aliphatic hydroxyl groups is 1. The lowest BCUT2D eigenvalue weighted by Gasteiger charge is -2.36. The summed E-state index contributed by atoms with van der Waals surface area (Å²) in [5, 5.41) is 15.7. The third-order valence-corrected chi connectivity index (χ3v) is 7.19. The van der Waals surface area contributed by atoms with E-state index < -0.39 is 12.1 Å². The lowest BCUT2D eigenvalue weighted by atomic mass is 9.83. The Morgan fingerprint density at radius 1 is 1.24 bits per heavy atom. The molecular formula is C26H39N3O5. The zero-order valence-electron chi connectivity index (χ0n) is 20.2. The predicted octanol–water partition coefficient (Wildman–Crippen LogP) is 1.62. The second-order valence-corrected chi connectivity index (χ2v) is 9.48. The summed E-state index contributed by atoms with van der Waals surface area (Å²) in [6, 6.07) is 5.02. The number of rotatable bonds is 13. The van der Waals surface area contributed by atoms with Gasteiger partial charge in [-0.3, -0.25) is 9.59 Å². The van der Waals surface area contributed by atoms with Crippen molar-refractivity contribution in [1.82, 2.24) is 15.5 Å². The summed E-state index contributed by atoms with van der Waals surface area (Å²) in [6.07, 6.45) is 10.1. The summed E-state index contributed by atoms with van der Waals surface area (Å²) in [7, 11) is 1.59. The minimum absolute atomic E-state index is 0.0503. The van der Waals surface area contributed by atoms with Crippen LogP contribution in [0.5, 0.6) is 5.75 Å². The van der Waals surface area contributed by atoms with Gasteiger partial charge >= 0.3 is 0 Å². The molecule has 34 heavy (non-hydrogen) atoms. The van der Waals surface area contributed by atoms with E-state index in [4.69, 9.17) is 4.74 Å². The summed E-state index contributed by atoms with van der Waals surface area (Å²) >= 11 is 0. The maximum Gasteiger partial charge on any atom is 0.240 e. The van der Waals surface area contributed by atoms with E-state index in [9.17, 15) is 19.5 Å². The van der Waals surface area contributed by atoms with Crippen LogP contribution < -0.4 is 15.4 Å². The molecule has 1 aliphatic carbocycles. The van der Waals surface area contributed by atoms with Crippen LogP contribution in [0.3, 0.4) is 0 Å². The Morgan fingerprint density at radius 3 is 2.74 bits per heavy atom. The second-order valence-electron chi connectivity index (χ2n) is 9.48. The van der Waals surface area contributed by atoms with Crippen molar-refractivity contribution < 1.29 is 24.2 Å². The van der Waals surface area contributed by atoms with Gasteiger partial charge < -0.3 is 30.2 Å². The van der Waals surface area contributed by atoms with Crippen molar-refractivity contribution in [3.63, 3.8) is 0 Å². The van der Waals surface area contributed by atoms with Crippen molar-refractivity contribution in [2.75, 3.05) is 26.7 Å². The van der Waals surface area contributed by atoms with E-state index in [2.05, 4.69) is 28.8 Å². The van der Waals surface area contributed by atoms with Gasteiger partial charge in [-0.2, -0.15) is 0 Å². The van der Waals surface area contributed by atoms with Crippen LogP contribution in [-0.2, 0) is 27.2 Å². The van der Waals surface area contributed by atoms with Gasteiger partial charge in [0, 0.05) is 20.1 Å². The van der Waals surface area contributed by atoms with Crippen molar-refractivity contribution in [1.29, 1.82) is 0 Å². The van der Waals surface area contributed by atoms with E-state index in [1.807, 2.05) is 0 Å². The number of carbonyl (C=O) groups excluding carboxylic acids is 3. The Bertz CT molecular complexity index is 812. The van der Waals surface area contributed by atoms with Gasteiger partial charge in [0.25, 0.3) is 0 Å². The SMILES string of the molecule is CN(C(=O)C(NCC1CCc2cccc(CCCNC=O)c2O1)C1CCCCC1)C(C=O)CO. The number of ether oxygens (including phenoxy) is 1. The number of aldehydes is 1. The molecule has 1 aliphatic heterocycles. The summed E-state index contributed by atoms with van der Waals surface area (Å²) in [4.78, 5) is 36.5. The molecule has 3 atom stereocenters. The highest BCUT2D eigenvalue weighted by molar-refractivity contribution is 5.84. The molecule has 3 N–H and O–H groups in total. The Kier molecular flexibility index (Phi) is 10.3. The molecule has 8 nitrogen and oxygen atoms in total. The molecule has 1 aromatic carbocycles. The van der Waals surface area contributed by atoms with Gasteiger partial charge in [0.2, 0.25) is 12.3 Å². The Hall–Kier alpha value is -2.45. The van der Waals surface area contributed by atoms with Gasteiger partial charge in [-0.15, -0.1) is 0 Å². The number of benzene rings is 1. The average molecular weight is 474 g/mol. The molecule has 1 heterocycles. The van der Waals surface area contributed by atoms with Crippen molar-refractivity contribution in [3.8, 4) is 5.75 Å². The van der Waals surface area contributed by atoms with Crippen molar-refractivity contribution >= 4 is 18.6 Å². The van der Waals surface area contributed by atoms with Crippen molar-refractivity contribution in [2.24, 2.45) is 5.92 Å². The molecule has 8 heteroatoms. The van der Waals surface area contributed by atoms with Crippen LogP contribution in [0.2, 0.25) is 0 Å². The summed E-state index contributed by atoms with van der Waals surface area (Å²) in [5.74, 6) is 1.01. The first kappa shape index (κ1) is 26.2. The second kappa shape index (κ2) is 13.4. The van der Waals surface area contributed by atoms with Gasteiger partial charge in [-0.05, 0) is 55.6 Å². The molecular weight excluding hydrogens is 434 g/mol. The highest BCUT2D eigenvalue weighted by atomic mass is 16.5. The quantitative estimate of drug-likeness (QED) is 0.297. The first-order chi connectivity index (χ1) is 16.6. The Morgan fingerprint density at radius 2 is 2.03 bits per heavy atom. The van der Waals surface area contributed by atoms with E-state index in [1.54, 1.807) is 7.05 Å². The minimum Gasteiger partial charge on any atom is -0.489 e. The van der Waals surface area contributed by atoms with Crippen LogP contribution in [0, 0.1) is 5.92 Å². The molecule has 0 saturated heterocycles. The van der Waals surface area contributed by atoms with E-state index in [-0.39, 0.29) is 24.5 Å². The van der Waals surface area contributed by atoms with E-state index in [0.29, 0.717) is 19.4 Å². The molecule has 1 aromatic rings. The third kappa shape index (κ3) is 6.79. The molecule has 0 aromatic heterocycles. The zero-order chi connectivity index (χ0) is 24.3. The standard InChI is InChI=1S/C26H39N3O5/c1-29(22(16-30)17-31)26(33)24(19-7-3-2-4-8-19)28-15-23-13-12-21-10-5-9-20(25(21)34-23)11-6-14-27-18-32/h5,9-10,16,18-19,22-24,28,31H,2-4,6-8,11-15,17H2,1H3,(H,27,32). The fourth-order valence-corrected chi connectivity index (χ4v) is 5.13. The first-order valence-corrected chi connectivity index (χ1v) is 12.6. The molecule has 2 amide bonds. The van der Waals surface area contributed by atoms with Crippen LogP contribution in [0.1, 0.15) is 56.1 Å². The molecule has 0 bridgehead atoms. The number of nitrogens with zero attached hydrogens (tertiary/aromatic N) is 1. The first-order valence-electron chi connectivity index (χ1n) is 12.6. The molecule has 3 unspecified atom stereocenters. The molecule has 1 fully saturated rings. The summed E-state index contributed by atoms with van der Waals surface area (Å²) in [5.41, 5.74) is 2.35. The predicted molar refractivity (Wildman–Crippen MR) is 130 cm³/mol. The topological polar surface area (TPSA) is 108 Å². The number of carbonyl (C=O) groups is 3. The van der Waals surface area contributed by atoms with Crippen LogP contribution >= 0.6 is 0 Å². The maximum absolute atomic E-state index is 13.3. The summed E-state index contributed by atoms with van der Waals surface area (Å²) < 4.78 is 6.41. The minimum atomic E-state index is -0.825. The zero-order valence-corrected chi connectivity index (χ0v) is 20.2. The van der Waals surface area contributed by atoms with E-state index >= 15 is 0 Å². The van der Waals surface area contributed by atoms with Gasteiger partial charge in [0.15, 0.2) is 0 Å². The number of nitrogens with one attached hydrogen (secondary N) is 2. The number of fused-ring (bicyclic) bond motifs is 1. The lowest BCUT2D eigenvalue weighted by molar-refractivity contribution is -0.139. The van der Waals surface area contributed by atoms with E-state index in [1.165, 1.54) is 16.9 Å².